The molecule has 0 bridgehead atoms. The standard InChI is InChI=1S/C12H22O2/c1-3-11(4-2)10-13-12(14-11)8-6-5-7-9-12/h3-10H2,1-2H3. The van der Waals surface area contributed by atoms with Crippen LogP contribution in [0.4, 0.5) is 0 Å². The van der Waals surface area contributed by atoms with Gasteiger partial charge in [-0.15, -0.1) is 0 Å². The first kappa shape index (κ1) is 10.4. The first-order valence-electron chi connectivity index (χ1n) is 6.08. The molecule has 0 aromatic heterocycles. The highest BCUT2D eigenvalue weighted by molar-refractivity contribution is 4.90. The zero-order valence-electron chi connectivity index (χ0n) is 9.47. The summed E-state index contributed by atoms with van der Waals surface area (Å²) in [6.07, 6.45) is 8.24. The summed E-state index contributed by atoms with van der Waals surface area (Å²) in [7, 11) is 0. The van der Waals surface area contributed by atoms with Gasteiger partial charge < -0.3 is 9.47 Å². The molecule has 2 fully saturated rings. The van der Waals surface area contributed by atoms with Crippen LogP contribution < -0.4 is 0 Å². The van der Waals surface area contributed by atoms with Crippen LogP contribution in [0.1, 0.15) is 58.8 Å². The molecule has 1 aliphatic carbocycles. The van der Waals surface area contributed by atoms with Gasteiger partial charge in [0.15, 0.2) is 5.79 Å². The summed E-state index contributed by atoms with van der Waals surface area (Å²) < 4.78 is 12.2. The highest BCUT2D eigenvalue weighted by Gasteiger charge is 2.48. The van der Waals surface area contributed by atoms with E-state index in [0.29, 0.717) is 0 Å². The van der Waals surface area contributed by atoms with Gasteiger partial charge in [0, 0.05) is 12.8 Å². The van der Waals surface area contributed by atoms with Crippen molar-refractivity contribution in [3.63, 3.8) is 0 Å². The van der Waals surface area contributed by atoms with E-state index >= 15 is 0 Å². The van der Waals surface area contributed by atoms with Crippen molar-refractivity contribution in [3.05, 3.63) is 0 Å². The summed E-state index contributed by atoms with van der Waals surface area (Å²) in [5.74, 6) is -0.190. The average Bonchev–Trinajstić information content (AvgIpc) is 2.60. The molecule has 0 amide bonds. The highest BCUT2D eigenvalue weighted by atomic mass is 16.8. The Morgan fingerprint density at radius 1 is 1.00 bits per heavy atom. The third kappa shape index (κ3) is 1.70. The molecular formula is C12H22O2. The lowest BCUT2D eigenvalue weighted by molar-refractivity contribution is -0.205. The first-order valence-corrected chi connectivity index (χ1v) is 6.08. The van der Waals surface area contributed by atoms with Gasteiger partial charge in [-0.3, -0.25) is 0 Å². The maximum atomic E-state index is 6.25. The average molecular weight is 198 g/mol. The second-order valence-electron chi connectivity index (χ2n) is 4.75. The quantitative estimate of drug-likeness (QED) is 0.678. The van der Waals surface area contributed by atoms with Gasteiger partial charge in [-0.2, -0.15) is 0 Å². The minimum Gasteiger partial charge on any atom is -0.347 e. The monoisotopic (exact) mass is 198 g/mol. The molecule has 0 aromatic rings. The Balaban J connectivity index is 2.04. The summed E-state index contributed by atoms with van der Waals surface area (Å²) >= 11 is 0. The molecule has 2 aliphatic rings. The molecule has 2 rings (SSSR count). The molecule has 2 heteroatoms. The van der Waals surface area contributed by atoms with E-state index in [4.69, 9.17) is 9.47 Å². The van der Waals surface area contributed by atoms with Crippen LogP contribution in [-0.4, -0.2) is 18.0 Å². The molecule has 2 nitrogen and oxygen atoms in total. The molecule has 1 saturated heterocycles. The van der Waals surface area contributed by atoms with Crippen molar-refractivity contribution in [1.29, 1.82) is 0 Å². The predicted molar refractivity (Wildman–Crippen MR) is 56.2 cm³/mol. The van der Waals surface area contributed by atoms with Crippen molar-refractivity contribution < 1.29 is 9.47 Å². The molecule has 1 aliphatic heterocycles. The molecule has 1 heterocycles. The second-order valence-corrected chi connectivity index (χ2v) is 4.75. The number of ether oxygens (including phenoxy) is 2. The van der Waals surface area contributed by atoms with Crippen LogP contribution >= 0.6 is 0 Å². The highest BCUT2D eigenvalue weighted by Crippen LogP contribution is 2.43. The predicted octanol–water partition coefficient (Wildman–Crippen LogP) is 3.25. The Labute approximate surface area is 87.0 Å². The van der Waals surface area contributed by atoms with Gasteiger partial charge in [-0.25, -0.2) is 0 Å². The van der Waals surface area contributed by atoms with Crippen LogP contribution in [0.15, 0.2) is 0 Å². The van der Waals surface area contributed by atoms with Gasteiger partial charge in [0.2, 0.25) is 0 Å². The van der Waals surface area contributed by atoms with E-state index in [0.717, 1.165) is 32.3 Å². The van der Waals surface area contributed by atoms with Crippen molar-refractivity contribution >= 4 is 0 Å². The molecule has 0 atom stereocenters. The fourth-order valence-corrected chi connectivity index (χ4v) is 2.65. The van der Waals surface area contributed by atoms with E-state index in [-0.39, 0.29) is 11.4 Å². The van der Waals surface area contributed by atoms with Gasteiger partial charge >= 0.3 is 0 Å². The summed E-state index contributed by atoms with van der Waals surface area (Å²) in [6, 6.07) is 0. The molecule has 0 radical (unpaired) electrons. The van der Waals surface area contributed by atoms with Gasteiger partial charge in [0.25, 0.3) is 0 Å². The Morgan fingerprint density at radius 2 is 1.64 bits per heavy atom. The van der Waals surface area contributed by atoms with Crippen LogP contribution in [0.2, 0.25) is 0 Å². The van der Waals surface area contributed by atoms with E-state index in [1.54, 1.807) is 0 Å². The van der Waals surface area contributed by atoms with E-state index in [1.807, 2.05) is 0 Å². The molecule has 0 N–H and O–H groups in total. The number of hydrogen-bond donors (Lipinski definition) is 0. The smallest absolute Gasteiger partial charge is 0.169 e. The topological polar surface area (TPSA) is 18.5 Å². The van der Waals surface area contributed by atoms with Gasteiger partial charge in [0.1, 0.15) is 0 Å². The molecule has 82 valence electrons. The fraction of sp³-hybridized carbons (Fsp3) is 1.00. The summed E-state index contributed by atoms with van der Waals surface area (Å²) in [5, 5.41) is 0. The summed E-state index contributed by atoms with van der Waals surface area (Å²) in [6.45, 7) is 5.21. The SMILES string of the molecule is CCC1(CC)COC2(CCCCC2)O1. The van der Waals surface area contributed by atoms with Crippen molar-refractivity contribution in [3.8, 4) is 0 Å². The van der Waals surface area contributed by atoms with Crippen LogP contribution in [0, 0.1) is 0 Å². The lowest BCUT2D eigenvalue weighted by atomic mass is 9.93. The summed E-state index contributed by atoms with van der Waals surface area (Å²) in [4.78, 5) is 0. The molecule has 0 unspecified atom stereocenters. The second kappa shape index (κ2) is 3.82. The maximum absolute atomic E-state index is 6.25. The van der Waals surface area contributed by atoms with Gasteiger partial charge in [0.05, 0.1) is 12.2 Å². The van der Waals surface area contributed by atoms with Crippen molar-refractivity contribution in [2.24, 2.45) is 0 Å². The molecule has 14 heavy (non-hydrogen) atoms. The van der Waals surface area contributed by atoms with Crippen molar-refractivity contribution in [1.82, 2.24) is 0 Å². The Bertz CT molecular complexity index is 190. The van der Waals surface area contributed by atoms with Crippen LogP contribution in [0.3, 0.4) is 0 Å². The maximum Gasteiger partial charge on any atom is 0.169 e. The number of hydrogen-bond acceptors (Lipinski definition) is 2. The molecule has 1 saturated carbocycles. The van der Waals surface area contributed by atoms with Gasteiger partial charge in [-0.1, -0.05) is 20.3 Å². The van der Waals surface area contributed by atoms with Crippen LogP contribution in [0.25, 0.3) is 0 Å². The zero-order valence-corrected chi connectivity index (χ0v) is 9.47. The third-order valence-corrected chi connectivity index (χ3v) is 3.90. The molecule has 0 aromatic carbocycles. The lowest BCUT2D eigenvalue weighted by Gasteiger charge is -2.34. The summed E-state index contributed by atoms with van der Waals surface area (Å²) in [5.41, 5.74) is 0.0251. The largest absolute Gasteiger partial charge is 0.347 e. The molecular weight excluding hydrogens is 176 g/mol. The van der Waals surface area contributed by atoms with E-state index in [1.165, 1.54) is 19.3 Å². The molecule has 1 spiro atoms. The third-order valence-electron chi connectivity index (χ3n) is 3.90. The zero-order chi connectivity index (χ0) is 10.1. The Kier molecular flexibility index (Phi) is 2.85. The minimum atomic E-state index is -0.190. The minimum absolute atomic E-state index is 0.0251. The van der Waals surface area contributed by atoms with Crippen LogP contribution in [0.5, 0.6) is 0 Å². The Hall–Kier alpha value is -0.0800. The van der Waals surface area contributed by atoms with Crippen LogP contribution in [-0.2, 0) is 9.47 Å². The lowest BCUT2D eigenvalue weighted by Crippen LogP contribution is -2.37. The van der Waals surface area contributed by atoms with Crippen molar-refractivity contribution in [2.45, 2.75) is 70.2 Å². The Morgan fingerprint density at radius 3 is 2.14 bits per heavy atom. The van der Waals surface area contributed by atoms with E-state index in [9.17, 15) is 0 Å². The van der Waals surface area contributed by atoms with E-state index < -0.39 is 0 Å². The normalized spacial score (nSPS) is 29.6. The number of rotatable bonds is 2. The fourth-order valence-electron chi connectivity index (χ4n) is 2.65. The van der Waals surface area contributed by atoms with E-state index in [2.05, 4.69) is 13.8 Å². The van der Waals surface area contributed by atoms with Gasteiger partial charge in [-0.05, 0) is 25.7 Å². The first-order chi connectivity index (χ1) is 6.74. The van der Waals surface area contributed by atoms with Crippen molar-refractivity contribution in [2.75, 3.05) is 6.61 Å².